The molecule has 0 atom stereocenters. The molecule has 21 nitrogen and oxygen atoms in total. The minimum absolute atomic E-state index is 0. The van der Waals surface area contributed by atoms with Crippen molar-refractivity contribution in [1.82, 2.24) is 0 Å². The summed E-state index contributed by atoms with van der Waals surface area (Å²) in [4.78, 5) is 29.6. The topological polar surface area (TPSA) is 299 Å². The molecule has 0 unspecified atom stereocenters. The van der Waals surface area contributed by atoms with E-state index in [4.69, 9.17) is 64.9 Å². The SMILES string of the molecule is CSC1=NN=Cc2cccc(c2O)OCCOCCOCCOc2cccc(c2O)C=N1.O=[N+](O)O.O=[N+](O)O.O=[N+]([O-])O.[Cu].[Gd]. The van der Waals surface area contributed by atoms with Gasteiger partial charge in [-0.25, -0.2) is 25.8 Å². The number of hydrogen-bond donors (Lipinski definition) is 7. The van der Waals surface area contributed by atoms with Crippen molar-refractivity contribution in [3.8, 4) is 23.0 Å². The normalized spacial score (nSPS) is 12.8. The molecule has 2 aromatic carbocycles. The van der Waals surface area contributed by atoms with E-state index in [-0.39, 0.29) is 81.7 Å². The Hall–Kier alpha value is -3.64. The molecule has 0 aromatic heterocycles. The predicted molar refractivity (Wildman–Crippen MR) is 148 cm³/mol. The monoisotopic (exact) mass is 871 g/mol. The molecule has 0 amide bonds. The molecule has 0 fully saturated rings. The molecule has 1 radical (unpaired) electrons. The number of aromatic hydroxyl groups is 2. The minimum atomic E-state index is -1.50. The number of amidine groups is 1. The van der Waals surface area contributed by atoms with Gasteiger partial charge in [-0.15, -0.1) is 15.2 Å². The van der Waals surface area contributed by atoms with Crippen molar-refractivity contribution >= 4 is 29.4 Å². The van der Waals surface area contributed by atoms with E-state index in [1.165, 1.54) is 24.2 Å². The number of hydrogen-bond acceptors (Lipinski definition) is 14. The van der Waals surface area contributed by atoms with Crippen LogP contribution >= 0.6 is 11.8 Å². The largest absolute Gasteiger partial charge is 0.504 e. The van der Waals surface area contributed by atoms with E-state index in [1.54, 1.807) is 36.4 Å². The van der Waals surface area contributed by atoms with Gasteiger partial charge in [0.2, 0.25) is 5.17 Å². The van der Waals surface area contributed by atoms with Gasteiger partial charge in [-0.1, -0.05) is 23.9 Å². The van der Waals surface area contributed by atoms with Crippen molar-refractivity contribution in [3.05, 3.63) is 67.5 Å². The third-order valence-electron chi connectivity index (χ3n) is 4.24. The Bertz CT molecular complexity index is 1250. The Kier molecular flexibility index (Phi) is 29.3. The van der Waals surface area contributed by atoms with E-state index in [1.807, 2.05) is 6.26 Å². The molecule has 3 rings (SSSR count). The van der Waals surface area contributed by atoms with Crippen LogP contribution in [0.15, 0.2) is 51.6 Å². The van der Waals surface area contributed by atoms with Crippen molar-refractivity contribution in [3.63, 3.8) is 0 Å². The van der Waals surface area contributed by atoms with Crippen molar-refractivity contribution in [2.45, 2.75) is 0 Å². The van der Waals surface area contributed by atoms with Crippen LogP contribution in [-0.2, 0) is 26.5 Å². The summed E-state index contributed by atoms with van der Waals surface area (Å²) in [6.07, 6.45) is 4.71. The van der Waals surface area contributed by atoms with E-state index < -0.39 is 15.3 Å². The number of para-hydroxylation sites is 2. The molecular weight excluding hydrogens is 841 g/mol. The number of phenolic OH excluding ortho intramolecular Hbond substituents is 2. The maximum atomic E-state index is 10.4. The summed E-state index contributed by atoms with van der Waals surface area (Å²) < 4.78 is 22.1. The second-order valence-electron chi connectivity index (χ2n) is 7.14. The van der Waals surface area contributed by atoms with Gasteiger partial charge in [0.1, 0.15) is 23.0 Å². The zero-order valence-electron chi connectivity index (χ0n) is 23.5. The fourth-order valence-corrected chi connectivity index (χ4v) is 2.93. The van der Waals surface area contributed by atoms with Crippen LogP contribution in [0.25, 0.3) is 0 Å². The zero-order chi connectivity index (χ0) is 33.3. The first kappa shape index (κ1) is 46.8. The molecule has 0 aliphatic carbocycles. The van der Waals surface area contributed by atoms with Crippen LogP contribution < -0.4 is 9.47 Å². The van der Waals surface area contributed by atoms with Gasteiger partial charge >= 0.3 is 10.2 Å². The number of rotatable bonds is 0. The summed E-state index contributed by atoms with van der Waals surface area (Å²) in [7, 11) is 0. The Balaban J connectivity index is -0.00000114. The number of fused-ring (bicyclic) bond motifs is 4. The van der Waals surface area contributed by atoms with Gasteiger partial charge in [-0.2, -0.15) is 5.10 Å². The molecule has 2 aromatic rings. The van der Waals surface area contributed by atoms with Gasteiger partial charge in [0, 0.05) is 74.4 Å². The van der Waals surface area contributed by atoms with Gasteiger partial charge in [0.25, 0.3) is 5.09 Å². The van der Waals surface area contributed by atoms with E-state index >= 15 is 0 Å². The fourth-order valence-electron chi connectivity index (χ4n) is 2.65. The number of ether oxygens (including phenoxy) is 4. The summed E-state index contributed by atoms with van der Waals surface area (Å²) in [5.41, 5.74) is 0.932. The number of phenols is 2. The molecule has 1 aliphatic rings. The van der Waals surface area contributed by atoms with Gasteiger partial charge in [0.05, 0.1) is 32.6 Å². The van der Waals surface area contributed by atoms with E-state index in [0.717, 1.165) is 0 Å². The quantitative estimate of drug-likeness (QED) is 0.113. The maximum Gasteiger partial charge on any atom is 0.472 e. The minimum Gasteiger partial charge on any atom is -0.504 e. The van der Waals surface area contributed by atoms with Crippen LogP contribution in [-0.4, -0.2) is 115 Å². The van der Waals surface area contributed by atoms with Gasteiger partial charge in [-0.05, 0) is 30.5 Å². The second kappa shape index (κ2) is 28.8. The van der Waals surface area contributed by atoms with Crippen LogP contribution in [0, 0.1) is 59.9 Å². The van der Waals surface area contributed by atoms with Crippen molar-refractivity contribution < 1.29 is 127 Å². The molecule has 46 heavy (non-hydrogen) atoms. The zero-order valence-corrected chi connectivity index (χ0v) is 27.5. The van der Waals surface area contributed by atoms with Crippen LogP contribution in [0.1, 0.15) is 11.1 Å². The summed E-state index contributed by atoms with van der Waals surface area (Å²) in [5, 5.41) is 68.0. The molecule has 7 N–H and O–H groups in total. The summed E-state index contributed by atoms with van der Waals surface area (Å²) in [6.45, 7) is 2.04. The first-order chi connectivity index (χ1) is 20.9. The first-order valence-corrected chi connectivity index (χ1v) is 12.9. The third kappa shape index (κ3) is 24.7. The molecule has 0 saturated carbocycles. The maximum absolute atomic E-state index is 10.4. The Morgan fingerprint density at radius 2 is 1.11 bits per heavy atom. The van der Waals surface area contributed by atoms with E-state index in [2.05, 4.69) is 15.2 Å². The Morgan fingerprint density at radius 3 is 1.50 bits per heavy atom. The Morgan fingerprint density at radius 1 is 0.739 bits per heavy atom. The van der Waals surface area contributed by atoms with Crippen LogP contribution in [0.4, 0.5) is 0 Å². The summed E-state index contributed by atoms with van der Waals surface area (Å²) in [5.74, 6) is 0.611. The fraction of sp³-hybridized carbons (Fsp3) is 0.318. The van der Waals surface area contributed by atoms with Gasteiger partial charge < -0.3 is 34.4 Å². The number of aliphatic imine (C=N–C) groups is 1. The average Bonchev–Trinajstić information content (AvgIpc) is 2.93. The van der Waals surface area contributed by atoms with Gasteiger partial charge in [0.15, 0.2) is 23.0 Å². The number of thioether (sulfide) groups is 1. The average molecular weight is 871 g/mol. The molecule has 1 heterocycles. The number of nitrogens with zero attached hydrogens (tertiary/aromatic N) is 6. The standard InChI is InChI=1S/C22H25N3O6S.Cu.Gd.2H2NO3.HNO3/c1-32-22-23-14-16-4-2-6-18(20(16)26)30-12-10-28-8-9-29-11-13-31-19-7-3-5-17(21(19)27)15-24-25-22;;;3*2-1(3)4/h2-7,14-15,26-27H,8-13H2,1H3;;;2*(H2,2,3,4);(H,2,3,4)/q;;;2*+1;. The van der Waals surface area contributed by atoms with Gasteiger partial charge in [-0.3, -0.25) is 0 Å². The van der Waals surface area contributed by atoms with Crippen LogP contribution in [0.5, 0.6) is 23.0 Å². The predicted octanol–water partition coefficient (Wildman–Crippen LogP) is 1.81. The van der Waals surface area contributed by atoms with E-state index in [0.29, 0.717) is 54.2 Å². The summed E-state index contributed by atoms with van der Waals surface area (Å²) in [6, 6.07) is 10.2. The number of benzene rings is 2. The molecule has 0 saturated heterocycles. The van der Waals surface area contributed by atoms with Crippen molar-refractivity contribution in [2.75, 3.05) is 45.9 Å². The van der Waals surface area contributed by atoms with Crippen LogP contribution in [0.2, 0.25) is 0 Å². The molecule has 24 heteroatoms. The Labute approximate surface area is 306 Å². The molecule has 4 bridgehead atoms. The van der Waals surface area contributed by atoms with Crippen LogP contribution in [0.3, 0.4) is 0 Å². The second-order valence-corrected chi connectivity index (χ2v) is 7.92. The molecule has 0 spiro atoms. The summed E-state index contributed by atoms with van der Waals surface area (Å²) >= 11 is 1.29. The first-order valence-electron chi connectivity index (χ1n) is 11.7. The van der Waals surface area contributed by atoms with E-state index in [9.17, 15) is 10.2 Å². The van der Waals surface area contributed by atoms with Crippen molar-refractivity contribution in [2.24, 2.45) is 15.2 Å². The smallest absolute Gasteiger partial charge is 0.472 e. The van der Waals surface area contributed by atoms with Crippen molar-refractivity contribution in [1.29, 1.82) is 0 Å². The molecule has 261 valence electrons. The third-order valence-corrected chi connectivity index (χ3v) is 4.79. The molecule has 1 aliphatic heterocycles. The molecular formula is C22H30CuGdN6O15S+2.